The van der Waals surface area contributed by atoms with Gasteiger partial charge in [0, 0.05) is 12.0 Å². The monoisotopic (exact) mass is 196 g/mol. The Hall–Kier alpha value is -1.29. The molecule has 1 aliphatic rings. The van der Waals surface area contributed by atoms with E-state index in [9.17, 15) is 9.90 Å². The van der Waals surface area contributed by atoms with Gasteiger partial charge in [-0.05, 0) is 16.8 Å². The number of carbonyl (C=O) groups is 1. The highest BCUT2D eigenvalue weighted by Crippen LogP contribution is 2.29. The Morgan fingerprint density at radius 3 is 3.08 bits per heavy atom. The summed E-state index contributed by atoms with van der Waals surface area (Å²) in [5, 5.41) is 13.0. The summed E-state index contributed by atoms with van der Waals surface area (Å²) in [5.74, 6) is -0.382. The number of rotatable bonds is 1. The van der Waals surface area contributed by atoms with Crippen LogP contribution in [0, 0.1) is 0 Å². The zero-order valence-electron chi connectivity index (χ0n) is 6.77. The van der Waals surface area contributed by atoms with Crippen LogP contribution in [0.1, 0.15) is 18.1 Å². The molecule has 1 aromatic rings. The van der Waals surface area contributed by atoms with Gasteiger partial charge in [0.15, 0.2) is 0 Å². The molecule has 2 rings (SSSR count). The van der Waals surface area contributed by atoms with Gasteiger partial charge >= 0.3 is 5.97 Å². The molecule has 0 aliphatic carbocycles. The van der Waals surface area contributed by atoms with Gasteiger partial charge in [0.05, 0.1) is 6.08 Å². The van der Waals surface area contributed by atoms with Crippen molar-refractivity contribution in [3.63, 3.8) is 0 Å². The van der Waals surface area contributed by atoms with E-state index in [1.807, 2.05) is 16.8 Å². The maximum absolute atomic E-state index is 10.9. The summed E-state index contributed by atoms with van der Waals surface area (Å²) in [6, 6.07) is 1.89. The lowest BCUT2D eigenvalue weighted by molar-refractivity contribution is -0.145. The van der Waals surface area contributed by atoms with Gasteiger partial charge in [-0.2, -0.15) is 11.3 Å². The summed E-state index contributed by atoms with van der Waals surface area (Å²) in [5.41, 5.74) is 0.943. The molecule has 0 bridgehead atoms. The maximum atomic E-state index is 10.9. The molecule has 68 valence electrons. The number of thiophene rings is 1. The average Bonchev–Trinajstić information content (AvgIpc) is 2.53. The first-order chi connectivity index (χ1) is 6.25. The second-order valence-corrected chi connectivity index (χ2v) is 3.60. The summed E-state index contributed by atoms with van der Waals surface area (Å²) in [6.45, 7) is 0. The molecular weight excluding hydrogens is 188 g/mol. The van der Waals surface area contributed by atoms with Crippen molar-refractivity contribution in [2.45, 2.75) is 12.5 Å². The van der Waals surface area contributed by atoms with Crippen molar-refractivity contribution in [3.05, 3.63) is 34.2 Å². The lowest BCUT2D eigenvalue weighted by atomic mass is 10.1. The van der Waals surface area contributed by atoms with E-state index in [0.29, 0.717) is 6.42 Å². The van der Waals surface area contributed by atoms with Crippen molar-refractivity contribution in [2.75, 3.05) is 0 Å². The second-order valence-electron chi connectivity index (χ2n) is 2.82. The summed E-state index contributed by atoms with van der Waals surface area (Å²) in [7, 11) is 0. The largest absolute Gasteiger partial charge is 0.512 e. The van der Waals surface area contributed by atoms with Crippen molar-refractivity contribution in [2.24, 2.45) is 0 Å². The first-order valence-electron chi connectivity index (χ1n) is 3.88. The average molecular weight is 196 g/mol. The lowest BCUT2D eigenvalue weighted by Gasteiger charge is -2.19. The highest BCUT2D eigenvalue weighted by molar-refractivity contribution is 7.07. The van der Waals surface area contributed by atoms with Gasteiger partial charge in [0.25, 0.3) is 0 Å². The number of hydrogen-bond acceptors (Lipinski definition) is 4. The van der Waals surface area contributed by atoms with E-state index in [1.54, 1.807) is 11.3 Å². The quantitative estimate of drug-likeness (QED) is 0.700. The molecule has 0 aromatic carbocycles. The van der Waals surface area contributed by atoms with E-state index < -0.39 is 5.97 Å². The van der Waals surface area contributed by atoms with Crippen LogP contribution in [0.4, 0.5) is 0 Å². The number of esters is 1. The standard InChI is InChI=1S/C9H8O3S/c10-7-3-8(12-9(11)4-7)6-1-2-13-5-6/h1-2,4-5,8,10H,3H2. The molecule has 0 fully saturated rings. The third-order valence-corrected chi connectivity index (χ3v) is 2.55. The van der Waals surface area contributed by atoms with Crippen LogP contribution in [0.2, 0.25) is 0 Å². The van der Waals surface area contributed by atoms with Crippen LogP contribution in [-0.4, -0.2) is 11.1 Å². The number of carbonyl (C=O) groups excluding carboxylic acids is 1. The zero-order chi connectivity index (χ0) is 9.26. The Labute approximate surface area is 79.3 Å². The van der Waals surface area contributed by atoms with Crippen molar-refractivity contribution >= 4 is 17.3 Å². The summed E-state index contributed by atoms with van der Waals surface area (Å²) < 4.78 is 5.03. The van der Waals surface area contributed by atoms with Gasteiger partial charge < -0.3 is 9.84 Å². The Morgan fingerprint density at radius 2 is 2.46 bits per heavy atom. The smallest absolute Gasteiger partial charge is 0.334 e. The van der Waals surface area contributed by atoms with Crippen molar-refractivity contribution in [1.82, 2.24) is 0 Å². The van der Waals surface area contributed by atoms with Crippen LogP contribution >= 0.6 is 11.3 Å². The molecule has 4 heteroatoms. The van der Waals surface area contributed by atoms with Crippen LogP contribution < -0.4 is 0 Å². The SMILES string of the molecule is O=C1C=C(O)CC(c2ccsc2)O1. The molecule has 1 unspecified atom stereocenters. The minimum atomic E-state index is -0.472. The molecule has 0 saturated heterocycles. The van der Waals surface area contributed by atoms with Gasteiger partial charge in [0.2, 0.25) is 0 Å². The van der Waals surface area contributed by atoms with Gasteiger partial charge in [-0.25, -0.2) is 4.79 Å². The van der Waals surface area contributed by atoms with Crippen molar-refractivity contribution < 1.29 is 14.6 Å². The lowest BCUT2D eigenvalue weighted by Crippen LogP contribution is -2.15. The normalized spacial score (nSPS) is 22.3. The topological polar surface area (TPSA) is 46.5 Å². The van der Waals surface area contributed by atoms with Crippen LogP contribution in [-0.2, 0) is 9.53 Å². The first kappa shape index (κ1) is 8.31. The molecular formula is C9H8O3S. The van der Waals surface area contributed by atoms with Crippen LogP contribution in [0.15, 0.2) is 28.7 Å². The first-order valence-corrected chi connectivity index (χ1v) is 4.82. The number of aliphatic hydroxyl groups is 1. The Morgan fingerprint density at radius 1 is 1.62 bits per heavy atom. The molecule has 1 N–H and O–H groups in total. The Bertz CT molecular complexity index is 340. The molecule has 0 amide bonds. The number of aliphatic hydroxyl groups excluding tert-OH is 1. The van der Waals surface area contributed by atoms with Gasteiger partial charge in [-0.3, -0.25) is 0 Å². The Kier molecular flexibility index (Phi) is 2.06. The molecule has 0 radical (unpaired) electrons. The predicted molar refractivity (Wildman–Crippen MR) is 48.5 cm³/mol. The van der Waals surface area contributed by atoms with E-state index in [0.717, 1.165) is 11.6 Å². The van der Waals surface area contributed by atoms with Gasteiger partial charge in [0.1, 0.15) is 11.9 Å². The highest BCUT2D eigenvalue weighted by Gasteiger charge is 2.22. The second kappa shape index (κ2) is 3.22. The summed E-state index contributed by atoms with van der Waals surface area (Å²) in [6.07, 6.45) is 1.18. The Balaban J connectivity index is 2.20. The number of ether oxygens (including phenoxy) is 1. The molecule has 2 heterocycles. The molecule has 1 aliphatic heterocycles. The predicted octanol–water partition coefficient (Wildman–Crippen LogP) is 2.18. The maximum Gasteiger partial charge on any atom is 0.334 e. The third kappa shape index (κ3) is 1.72. The minimum Gasteiger partial charge on any atom is -0.512 e. The number of hydrogen-bond donors (Lipinski definition) is 1. The zero-order valence-corrected chi connectivity index (χ0v) is 7.58. The fourth-order valence-electron chi connectivity index (χ4n) is 1.24. The number of cyclic esters (lactones) is 1. The third-order valence-electron chi connectivity index (χ3n) is 1.85. The fourth-order valence-corrected chi connectivity index (χ4v) is 1.95. The summed E-state index contributed by atoms with van der Waals surface area (Å²) >= 11 is 1.54. The van der Waals surface area contributed by atoms with E-state index in [4.69, 9.17) is 4.74 Å². The highest BCUT2D eigenvalue weighted by atomic mass is 32.1. The van der Waals surface area contributed by atoms with Crippen molar-refractivity contribution in [3.8, 4) is 0 Å². The van der Waals surface area contributed by atoms with E-state index in [1.165, 1.54) is 0 Å². The van der Waals surface area contributed by atoms with Gasteiger partial charge in [-0.1, -0.05) is 0 Å². The van der Waals surface area contributed by atoms with Crippen LogP contribution in [0.25, 0.3) is 0 Å². The van der Waals surface area contributed by atoms with Crippen LogP contribution in [0.5, 0.6) is 0 Å². The minimum absolute atomic E-state index is 0.0902. The van der Waals surface area contributed by atoms with Crippen LogP contribution in [0.3, 0.4) is 0 Å². The molecule has 0 spiro atoms. The molecule has 1 aromatic heterocycles. The molecule has 0 saturated carbocycles. The van der Waals surface area contributed by atoms with E-state index >= 15 is 0 Å². The molecule has 13 heavy (non-hydrogen) atoms. The summed E-state index contributed by atoms with van der Waals surface area (Å²) in [4.78, 5) is 10.9. The fraction of sp³-hybridized carbons (Fsp3) is 0.222. The van der Waals surface area contributed by atoms with Crippen molar-refractivity contribution in [1.29, 1.82) is 0 Å². The molecule has 1 atom stereocenters. The van der Waals surface area contributed by atoms with E-state index in [2.05, 4.69) is 0 Å². The van der Waals surface area contributed by atoms with E-state index in [-0.39, 0.29) is 11.9 Å². The van der Waals surface area contributed by atoms with Gasteiger partial charge in [-0.15, -0.1) is 0 Å². The molecule has 3 nitrogen and oxygen atoms in total.